The Kier molecular flexibility index (Phi) is 4.70. The molecule has 0 saturated carbocycles. The van der Waals surface area contributed by atoms with E-state index in [1.807, 2.05) is 50.2 Å². The maximum atomic E-state index is 12.2. The van der Waals surface area contributed by atoms with Gasteiger partial charge in [0.1, 0.15) is 0 Å². The fourth-order valence-electron chi connectivity index (χ4n) is 3.05. The van der Waals surface area contributed by atoms with Gasteiger partial charge >= 0.3 is 6.16 Å². The number of carbonyl (C=O) groups excluding carboxylic acids is 1. The van der Waals surface area contributed by atoms with Crippen molar-refractivity contribution in [2.24, 2.45) is 0 Å². The summed E-state index contributed by atoms with van der Waals surface area (Å²) in [4.78, 5) is 12.2. The van der Waals surface area contributed by atoms with Crippen molar-refractivity contribution in [3.63, 3.8) is 0 Å². The first-order valence-corrected chi connectivity index (χ1v) is 8.38. The Bertz CT molecular complexity index is 836. The average molecular weight is 322 g/mol. The molecular weight excluding hydrogens is 300 g/mol. The summed E-state index contributed by atoms with van der Waals surface area (Å²) < 4.78 is 10.9. The van der Waals surface area contributed by atoms with Crippen molar-refractivity contribution in [2.75, 3.05) is 6.61 Å². The Labute approximate surface area is 142 Å². The third-order valence-corrected chi connectivity index (χ3v) is 4.28. The van der Waals surface area contributed by atoms with E-state index in [9.17, 15) is 4.79 Å². The molecule has 0 aliphatic heterocycles. The van der Waals surface area contributed by atoms with Crippen LogP contribution in [0.2, 0.25) is 0 Å². The highest BCUT2D eigenvalue weighted by atomic mass is 16.7. The van der Waals surface area contributed by atoms with Gasteiger partial charge in [0.25, 0.3) is 0 Å². The standard InChI is InChI=1S/C21H22O3/c1-4-5-12-23-21(22)24-20-18-14(2)8-6-10-16(18)13-17-11-7-9-15(3)19(17)20/h6-11,13H,4-5,12H2,1-3H3. The molecule has 3 nitrogen and oxygen atoms in total. The van der Waals surface area contributed by atoms with Gasteiger partial charge < -0.3 is 9.47 Å². The zero-order chi connectivity index (χ0) is 17.1. The highest BCUT2D eigenvalue weighted by Gasteiger charge is 2.16. The van der Waals surface area contributed by atoms with Gasteiger partial charge in [-0.15, -0.1) is 0 Å². The van der Waals surface area contributed by atoms with Crippen LogP contribution in [-0.4, -0.2) is 12.8 Å². The molecule has 3 aromatic rings. The highest BCUT2D eigenvalue weighted by Crippen LogP contribution is 2.38. The van der Waals surface area contributed by atoms with E-state index in [4.69, 9.17) is 9.47 Å². The van der Waals surface area contributed by atoms with Crippen LogP contribution in [-0.2, 0) is 4.74 Å². The molecule has 0 heterocycles. The van der Waals surface area contributed by atoms with E-state index >= 15 is 0 Å². The lowest BCUT2D eigenvalue weighted by Crippen LogP contribution is -2.12. The number of hydrogen-bond acceptors (Lipinski definition) is 3. The monoisotopic (exact) mass is 322 g/mol. The molecule has 124 valence electrons. The Hall–Kier alpha value is -2.55. The normalized spacial score (nSPS) is 11.0. The minimum atomic E-state index is -0.635. The summed E-state index contributed by atoms with van der Waals surface area (Å²) >= 11 is 0. The Morgan fingerprint density at radius 3 is 2.08 bits per heavy atom. The van der Waals surface area contributed by atoms with E-state index in [0.717, 1.165) is 45.5 Å². The molecule has 0 radical (unpaired) electrons. The second-order valence-electron chi connectivity index (χ2n) is 6.11. The second kappa shape index (κ2) is 6.91. The van der Waals surface area contributed by atoms with Gasteiger partial charge in [-0.3, -0.25) is 0 Å². The molecular formula is C21H22O3. The van der Waals surface area contributed by atoms with E-state index in [1.165, 1.54) is 0 Å². The molecule has 0 amide bonds. The van der Waals surface area contributed by atoms with Gasteiger partial charge in [0.05, 0.1) is 6.61 Å². The quantitative estimate of drug-likeness (QED) is 0.259. The molecule has 0 atom stereocenters. The highest BCUT2D eigenvalue weighted by molar-refractivity contribution is 6.08. The molecule has 3 aromatic carbocycles. The number of ether oxygens (including phenoxy) is 2. The molecule has 3 heteroatoms. The zero-order valence-electron chi connectivity index (χ0n) is 14.4. The molecule has 0 N–H and O–H groups in total. The zero-order valence-corrected chi connectivity index (χ0v) is 14.4. The third-order valence-electron chi connectivity index (χ3n) is 4.28. The SMILES string of the molecule is CCCCOC(=O)Oc1c2c(C)cccc2cc2cccc(C)c12. The van der Waals surface area contributed by atoms with Crippen LogP contribution >= 0.6 is 0 Å². The lowest BCUT2D eigenvalue weighted by atomic mass is 9.96. The number of hydrogen-bond donors (Lipinski definition) is 0. The maximum Gasteiger partial charge on any atom is 0.513 e. The predicted molar refractivity (Wildman–Crippen MR) is 97.8 cm³/mol. The second-order valence-corrected chi connectivity index (χ2v) is 6.11. The summed E-state index contributed by atoms with van der Waals surface area (Å²) in [6.45, 7) is 6.50. The van der Waals surface area contributed by atoms with Crippen molar-refractivity contribution >= 4 is 27.7 Å². The average Bonchev–Trinajstić information content (AvgIpc) is 2.55. The summed E-state index contributed by atoms with van der Waals surface area (Å²) in [5.74, 6) is 0.597. The Morgan fingerprint density at radius 1 is 0.958 bits per heavy atom. The van der Waals surface area contributed by atoms with Crippen LogP contribution in [0.15, 0.2) is 42.5 Å². The van der Waals surface area contributed by atoms with E-state index < -0.39 is 6.16 Å². The van der Waals surface area contributed by atoms with Gasteiger partial charge in [0.2, 0.25) is 0 Å². The molecule has 0 aliphatic rings. The first-order chi connectivity index (χ1) is 11.6. The van der Waals surface area contributed by atoms with Gasteiger partial charge in [0, 0.05) is 10.8 Å². The molecule has 0 saturated heterocycles. The van der Waals surface area contributed by atoms with E-state index in [0.29, 0.717) is 12.4 Å². The lowest BCUT2D eigenvalue weighted by molar-refractivity contribution is 0.0988. The smallest absolute Gasteiger partial charge is 0.434 e. The molecule has 0 aromatic heterocycles. The van der Waals surface area contributed by atoms with Crippen LogP contribution in [0, 0.1) is 13.8 Å². The molecule has 0 fully saturated rings. The summed E-state index contributed by atoms with van der Waals surface area (Å²) in [5, 5.41) is 4.05. The topological polar surface area (TPSA) is 35.5 Å². The minimum absolute atomic E-state index is 0.385. The van der Waals surface area contributed by atoms with Gasteiger partial charge in [-0.1, -0.05) is 49.7 Å². The van der Waals surface area contributed by atoms with Crippen LogP contribution in [0.3, 0.4) is 0 Å². The summed E-state index contributed by atoms with van der Waals surface area (Å²) in [7, 11) is 0. The van der Waals surface area contributed by atoms with E-state index in [-0.39, 0.29) is 0 Å². The van der Waals surface area contributed by atoms with Crippen molar-refractivity contribution in [3.05, 3.63) is 53.6 Å². The molecule has 24 heavy (non-hydrogen) atoms. The van der Waals surface area contributed by atoms with Gasteiger partial charge in [0.15, 0.2) is 5.75 Å². The van der Waals surface area contributed by atoms with Crippen molar-refractivity contribution < 1.29 is 14.3 Å². The van der Waals surface area contributed by atoms with Gasteiger partial charge in [-0.2, -0.15) is 0 Å². The number of aryl methyl sites for hydroxylation is 2. The molecule has 0 aliphatic carbocycles. The fraction of sp³-hybridized carbons (Fsp3) is 0.286. The van der Waals surface area contributed by atoms with Crippen LogP contribution < -0.4 is 4.74 Å². The summed E-state index contributed by atoms with van der Waals surface area (Å²) in [5.41, 5.74) is 2.16. The number of carbonyl (C=O) groups is 1. The first kappa shape index (κ1) is 16.3. The first-order valence-electron chi connectivity index (χ1n) is 8.38. The molecule has 0 bridgehead atoms. The number of rotatable bonds is 4. The maximum absolute atomic E-state index is 12.2. The fourth-order valence-corrected chi connectivity index (χ4v) is 3.05. The summed E-state index contributed by atoms with van der Waals surface area (Å²) in [6, 6.07) is 14.3. The Balaban J connectivity index is 2.16. The number of benzene rings is 3. The number of fused-ring (bicyclic) bond motifs is 2. The molecule has 0 unspecified atom stereocenters. The predicted octanol–water partition coefficient (Wildman–Crippen LogP) is 5.93. The van der Waals surface area contributed by atoms with Crippen molar-refractivity contribution in [1.82, 2.24) is 0 Å². The van der Waals surface area contributed by atoms with E-state index in [2.05, 4.69) is 13.0 Å². The van der Waals surface area contributed by atoms with E-state index in [1.54, 1.807) is 0 Å². The van der Waals surface area contributed by atoms with Crippen molar-refractivity contribution in [1.29, 1.82) is 0 Å². The molecule has 3 rings (SSSR count). The Morgan fingerprint density at radius 2 is 1.54 bits per heavy atom. The van der Waals surface area contributed by atoms with Crippen LogP contribution in [0.5, 0.6) is 5.75 Å². The van der Waals surface area contributed by atoms with Crippen molar-refractivity contribution in [2.45, 2.75) is 33.6 Å². The minimum Gasteiger partial charge on any atom is -0.434 e. The number of unbranched alkanes of at least 4 members (excludes halogenated alkanes) is 1. The summed E-state index contributed by atoms with van der Waals surface area (Å²) in [6.07, 6.45) is 1.18. The van der Waals surface area contributed by atoms with Crippen LogP contribution in [0.4, 0.5) is 4.79 Å². The van der Waals surface area contributed by atoms with Gasteiger partial charge in [-0.25, -0.2) is 4.79 Å². The lowest BCUT2D eigenvalue weighted by Gasteiger charge is -2.15. The van der Waals surface area contributed by atoms with Gasteiger partial charge in [-0.05, 0) is 48.2 Å². The van der Waals surface area contributed by atoms with Crippen LogP contribution in [0.1, 0.15) is 30.9 Å². The van der Waals surface area contributed by atoms with Crippen molar-refractivity contribution in [3.8, 4) is 5.75 Å². The third kappa shape index (κ3) is 3.07. The molecule has 0 spiro atoms. The largest absolute Gasteiger partial charge is 0.513 e. The van der Waals surface area contributed by atoms with Crippen LogP contribution in [0.25, 0.3) is 21.5 Å².